The van der Waals surface area contributed by atoms with Crippen molar-refractivity contribution in [1.29, 1.82) is 0 Å². The summed E-state index contributed by atoms with van der Waals surface area (Å²) in [7, 11) is 0. The summed E-state index contributed by atoms with van der Waals surface area (Å²) in [5.41, 5.74) is 7.42. The minimum absolute atomic E-state index is 0.0401. The first-order valence-electron chi connectivity index (χ1n) is 5.08. The maximum absolute atomic E-state index is 10.8. The van der Waals surface area contributed by atoms with Gasteiger partial charge >= 0.3 is 0 Å². The van der Waals surface area contributed by atoms with Crippen molar-refractivity contribution in [3.05, 3.63) is 40.1 Å². The van der Waals surface area contributed by atoms with E-state index in [2.05, 4.69) is 4.98 Å². The number of para-hydroxylation sites is 1. The summed E-state index contributed by atoms with van der Waals surface area (Å²) in [6.45, 7) is 1.91. The van der Waals surface area contributed by atoms with Crippen molar-refractivity contribution in [2.75, 3.05) is 0 Å². The van der Waals surface area contributed by atoms with Crippen LogP contribution in [0, 0.1) is 10.1 Å². The van der Waals surface area contributed by atoms with Gasteiger partial charge in [-0.3, -0.25) is 10.1 Å². The van der Waals surface area contributed by atoms with Gasteiger partial charge in [-0.1, -0.05) is 12.1 Å². The van der Waals surface area contributed by atoms with Crippen molar-refractivity contribution in [1.82, 2.24) is 4.98 Å². The van der Waals surface area contributed by atoms with Gasteiger partial charge in [0, 0.05) is 23.7 Å². The number of hydrogen-bond acceptors (Lipinski definition) is 3. The number of H-pyrrole nitrogens is 1. The normalized spacial score (nSPS) is 12.9. The van der Waals surface area contributed by atoms with Gasteiger partial charge in [0.2, 0.25) is 0 Å². The largest absolute Gasteiger partial charge is 0.355 e. The number of nitro groups is 1. The Morgan fingerprint density at radius 1 is 1.56 bits per heavy atom. The molecule has 0 bridgehead atoms. The van der Waals surface area contributed by atoms with Crippen LogP contribution in [0.15, 0.2) is 24.4 Å². The third kappa shape index (κ3) is 1.77. The molecule has 0 aliphatic rings. The Kier molecular flexibility index (Phi) is 2.62. The predicted octanol–water partition coefficient (Wildman–Crippen LogP) is 1.97. The molecule has 0 aliphatic heterocycles. The molecule has 0 fully saturated rings. The summed E-state index contributed by atoms with van der Waals surface area (Å²) in [4.78, 5) is 13.4. The van der Waals surface area contributed by atoms with Crippen LogP contribution in [0.5, 0.6) is 0 Å². The molecule has 1 aromatic carbocycles. The zero-order valence-electron chi connectivity index (χ0n) is 8.93. The van der Waals surface area contributed by atoms with E-state index in [0.29, 0.717) is 11.9 Å². The maximum Gasteiger partial charge on any atom is 0.293 e. The van der Waals surface area contributed by atoms with Crippen molar-refractivity contribution in [2.24, 2.45) is 5.73 Å². The van der Waals surface area contributed by atoms with E-state index >= 15 is 0 Å². The molecule has 1 unspecified atom stereocenters. The van der Waals surface area contributed by atoms with Crippen LogP contribution in [0.25, 0.3) is 10.9 Å². The van der Waals surface area contributed by atoms with E-state index in [1.165, 1.54) is 6.07 Å². The number of rotatable bonds is 3. The number of aromatic amines is 1. The monoisotopic (exact) mass is 219 g/mol. The molecular formula is C11H13N3O2. The molecule has 0 amide bonds. The molecule has 5 heteroatoms. The Morgan fingerprint density at radius 3 is 2.94 bits per heavy atom. The molecule has 84 valence electrons. The Labute approximate surface area is 92.4 Å². The van der Waals surface area contributed by atoms with Crippen molar-refractivity contribution >= 4 is 16.6 Å². The first-order valence-corrected chi connectivity index (χ1v) is 5.08. The van der Waals surface area contributed by atoms with Crippen molar-refractivity contribution in [2.45, 2.75) is 19.4 Å². The van der Waals surface area contributed by atoms with E-state index in [0.717, 1.165) is 10.9 Å². The van der Waals surface area contributed by atoms with Gasteiger partial charge in [0.15, 0.2) is 0 Å². The Balaban J connectivity index is 2.57. The highest BCUT2D eigenvalue weighted by molar-refractivity contribution is 5.90. The summed E-state index contributed by atoms with van der Waals surface area (Å²) in [5.74, 6) is 0. The zero-order chi connectivity index (χ0) is 11.7. The van der Waals surface area contributed by atoms with Crippen molar-refractivity contribution < 1.29 is 4.92 Å². The van der Waals surface area contributed by atoms with E-state index in [4.69, 9.17) is 5.73 Å². The summed E-state index contributed by atoms with van der Waals surface area (Å²) in [6, 6.07) is 5.10. The van der Waals surface area contributed by atoms with Gasteiger partial charge in [-0.25, -0.2) is 0 Å². The van der Waals surface area contributed by atoms with Gasteiger partial charge in [-0.15, -0.1) is 0 Å². The molecule has 2 rings (SSSR count). The standard InChI is InChI=1S/C11H13N3O2/c1-7(12)5-8-6-13-11-9(8)3-2-4-10(11)14(15)16/h2-4,6-7,13H,5,12H2,1H3. The second-order valence-electron chi connectivity index (χ2n) is 3.95. The number of nitrogens with one attached hydrogen (secondary N) is 1. The highest BCUT2D eigenvalue weighted by Gasteiger charge is 2.15. The maximum atomic E-state index is 10.8. The van der Waals surface area contributed by atoms with Gasteiger partial charge in [-0.2, -0.15) is 0 Å². The minimum Gasteiger partial charge on any atom is -0.355 e. The number of aromatic nitrogens is 1. The molecule has 1 aromatic heterocycles. The van der Waals surface area contributed by atoms with Gasteiger partial charge in [0.05, 0.1) is 4.92 Å². The Bertz CT molecular complexity index is 531. The van der Waals surface area contributed by atoms with E-state index in [1.54, 1.807) is 12.3 Å². The lowest BCUT2D eigenvalue weighted by atomic mass is 10.1. The molecule has 5 nitrogen and oxygen atoms in total. The predicted molar refractivity (Wildman–Crippen MR) is 62.3 cm³/mol. The van der Waals surface area contributed by atoms with Crippen LogP contribution in [0.2, 0.25) is 0 Å². The van der Waals surface area contributed by atoms with Crippen LogP contribution in [0.3, 0.4) is 0 Å². The van der Waals surface area contributed by atoms with Crippen LogP contribution in [-0.4, -0.2) is 15.9 Å². The van der Waals surface area contributed by atoms with Gasteiger partial charge in [0.1, 0.15) is 5.52 Å². The lowest BCUT2D eigenvalue weighted by Crippen LogP contribution is -2.17. The number of non-ortho nitro benzene ring substituents is 1. The van der Waals surface area contributed by atoms with Crippen LogP contribution >= 0.6 is 0 Å². The van der Waals surface area contributed by atoms with E-state index in [9.17, 15) is 10.1 Å². The third-order valence-corrected chi connectivity index (χ3v) is 2.52. The van der Waals surface area contributed by atoms with Gasteiger partial charge in [0.25, 0.3) is 5.69 Å². The van der Waals surface area contributed by atoms with Crippen LogP contribution in [0.1, 0.15) is 12.5 Å². The number of nitrogens with zero attached hydrogens (tertiary/aromatic N) is 1. The minimum atomic E-state index is -0.380. The molecule has 0 spiro atoms. The molecule has 1 atom stereocenters. The van der Waals surface area contributed by atoms with Crippen LogP contribution in [-0.2, 0) is 6.42 Å². The second-order valence-corrected chi connectivity index (χ2v) is 3.95. The lowest BCUT2D eigenvalue weighted by molar-refractivity contribution is -0.383. The van der Waals surface area contributed by atoms with E-state index < -0.39 is 0 Å². The second kappa shape index (κ2) is 3.94. The summed E-state index contributed by atoms with van der Waals surface area (Å²) >= 11 is 0. The lowest BCUT2D eigenvalue weighted by Gasteiger charge is -2.02. The number of nitro benzene ring substituents is 1. The average Bonchev–Trinajstić information content (AvgIpc) is 2.60. The fourth-order valence-corrected chi connectivity index (χ4v) is 1.86. The molecule has 1 heterocycles. The summed E-state index contributed by atoms with van der Waals surface area (Å²) in [5, 5.41) is 11.7. The van der Waals surface area contributed by atoms with E-state index in [-0.39, 0.29) is 16.7 Å². The SMILES string of the molecule is CC(N)Cc1c[nH]c2c([N+](=O)[O-])cccc12. The first kappa shape index (κ1) is 10.6. The molecule has 0 saturated carbocycles. The molecule has 0 radical (unpaired) electrons. The fourth-order valence-electron chi connectivity index (χ4n) is 1.86. The van der Waals surface area contributed by atoms with E-state index in [1.807, 2.05) is 13.0 Å². The molecule has 0 saturated heterocycles. The zero-order valence-corrected chi connectivity index (χ0v) is 8.93. The number of nitrogens with two attached hydrogens (primary N) is 1. The molecule has 3 N–H and O–H groups in total. The van der Waals surface area contributed by atoms with Crippen LogP contribution < -0.4 is 5.73 Å². The third-order valence-electron chi connectivity index (χ3n) is 2.52. The molecular weight excluding hydrogens is 206 g/mol. The number of fused-ring (bicyclic) bond motifs is 1. The van der Waals surface area contributed by atoms with Crippen LogP contribution in [0.4, 0.5) is 5.69 Å². The highest BCUT2D eigenvalue weighted by atomic mass is 16.6. The van der Waals surface area contributed by atoms with Gasteiger partial charge < -0.3 is 10.7 Å². The molecule has 16 heavy (non-hydrogen) atoms. The first-order chi connectivity index (χ1) is 7.59. The van der Waals surface area contributed by atoms with Crippen molar-refractivity contribution in [3.8, 4) is 0 Å². The summed E-state index contributed by atoms with van der Waals surface area (Å²) < 4.78 is 0. The number of benzene rings is 1. The van der Waals surface area contributed by atoms with Crippen molar-refractivity contribution in [3.63, 3.8) is 0 Å². The highest BCUT2D eigenvalue weighted by Crippen LogP contribution is 2.27. The molecule has 0 aliphatic carbocycles. The molecule has 2 aromatic rings. The summed E-state index contributed by atoms with van der Waals surface area (Å²) in [6.07, 6.45) is 2.50. The Hall–Kier alpha value is -1.88. The smallest absolute Gasteiger partial charge is 0.293 e. The Morgan fingerprint density at radius 2 is 2.31 bits per heavy atom. The fraction of sp³-hybridized carbons (Fsp3) is 0.273. The topological polar surface area (TPSA) is 85.0 Å². The van der Waals surface area contributed by atoms with Gasteiger partial charge in [-0.05, 0) is 18.9 Å². The quantitative estimate of drug-likeness (QED) is 0.611. The number of hydrogen-bond donors (Lipinski definition) is 2. The average molecular weight is 219 g/mol.